The molecule has 1 aliphatic carbocycles. The topological polar surface area (TPSA) is 58.0 Å². The first-order valence-corrected chi connectivity index (χ1v) is 10.2. The Bertz CT molecular complexity index is 930. The molecule has 0 spiro atoms. The highest BCUT2D eigenvalue weighted by molar-refractivity contribution is 7.19. The van der Waals surface area contributed by atoms with Crippen molar-refractivity contribution in [1.29, 1.82) is 0 Å². The highest BCUT2D eigenvalue weighted by Crippen LogP contribution is 2.40. The molecule has 3 aromatic rings. The van der Waals surface area contributed by atoms with Crippen LogP contribution >= 0.6 is 11.3 Å². The highest BCUT2D eigenvalue weighted by Gasteiger charge is 2.27. The number of fused-ring (bicyclic) bond motifs is 3. The number of anilines is 2. The summed E-state index contributed by atoms with van der Waals surface area (Å²) in [6.07, 6.45) is 8.15. The molecule has 1 fully saturated rings. The minimum atomic E-state index is 0.825. The van der Waals surface area contributed by atoms with Gasteiger partial charge in [0.15, 0.2) is 0 Å². The summed E-state index contributed by atoms with van der Waals surface area (Å²) in [6.45, 7) is 5.86. The van der Waals surface area contributed by atoms with Crippen molar-refractivity contribution < 1.29 is 0 Å². The van der Waals surface area contributed by atoms with E-state index in [2.05, 4.69) is 26.7 Å². The van der Waals surface area contributed by atoms with Crippen molar-refractivity contribution in [1.82, 2.24) is 19.9 Å². The fourth-order valence-corrected chi connectivity index (χ4v) is 5.25. The number of thiophene rings is 1. The summed E-state index contributed by atoms with van der Waals surface area (Å²) in [6, 6.07) is 1.86. The van der Waals surface area contributed by atoms with Crippen molar-refractivity contribution in [3.05, 3.63) is 34.7 Å². The molecule has 0 saturated carbocycles. The molecule has 0 bridgehead atoms. The van der Waals surface area contributed by atoms with Crippen molar-refractivity contribution in [3.8, 4) is 0 Å². The van der Waals surface area contributed by atoms with Crippen LogP contribution in [0.2, 0.25) is 0 Å². The van der Waals surface area contributed by atoms with E-state index in [0.717, 1.165) is 50.2 Å². The Labute approximate surface area is 156 Å². The van der Waals surface area contributed by atoms with E-state index in [9.17, 15) is 0 Å². The molecule has 5 rings (SSSR count). The third kappa shape index (κ3) is 2.61. The van der Waals surface area contributed by atoms with Crippen molar-refractivity contribution in [2.24, 2.45) is 0 Å². The van der Waals surface area contributed by atoms with E-state index in [1.165, 1.54) is 39.9 Å². The second-order valence-electron chi connectivity index (χ2n) is 6.88. The number of hydrogen-bond acceptors (Lipinski definition) is 7. The lowest BCUT2D eigenvalue weighted by molar-refractivity contribution is 0.634. The Morgan fingerprint density at radius 1 is 1.00 bits per heavy atom. The van der Waals surface area contributed by atoms with Gasteiger partial charge in [0.2, 0.25) is 5.95 Å². The van der Waals surface area contributed by atoms with Crippen LogP contribution in [-0.2, 0) is 19.3 Å². The number of aromatic nitrogens is 4. The Morgan fingerprint density at radius 3 is 2.54 bits per heavy atom. The fraction of sp³-hybridized carbons (Fsp3) is 0.474. The molecule has 1 aliphatic heterocycles. The van der Waals surface area contributed by atoms with Crippen molar-refractivity contribution >= 4 is 33.3 Å². The average molecular weight is 366 g/mol. The maximum absolute atomic E-state index is 4.96. The number of piperazine rings is 1. The zero-order valence-corrected chi connectivity index (χ0v) is 15.8. The van der Waals surface area contributed by atoms with Crippen LogP contribution in [-0.4, -0.2) is 46.1 Å². The maximum atomic E-state index is 4.96. The van der Waals surface area contributed by atoms with E-state index >= 15 is 0 Å². The molecule has 0 atom stereocenters. The lowest BCUT2D eigenvalue weighted by Crippen LogP contribution is -2.47. The van der Waals surface area contributed by atoms with Crippen molar-refractivity contribution in [2.75, 3.05) is 36.0 Å². The highest BCUT2D eigenvalue weighted by atomic mass is 32.1. The molecule has 134 valence electrons. The van der Waals surface area contributed by atoms with Gasteiger partial charge >= 0.3 is 0 Å². The Hall–Kier alpha value is -2.28. The lowest BCUT2D eigenvalue weighted by Gasteiger charge is -2.35. The van der Waals surface area contributed by atoms with Gasteiger partial charge in [-0.15, -0.1) is 11.3 Å². The zero-order valence-electron chi connectivity index (χ0n) is 15.0. The molecule has 0 N–H and O–H groups in total. The summed E-state index contributed by atoms with van der Waals surface area (Å²) < 4.78 is 0. The van der Waals surface area contributed by atoms with Crippen LogP contribution in [0.25, 0.3) is 10.2 Å². The molecule has 3 aromatic heterocycles. The first-order valence-electron chi connectivity index (χ1n) is 9.41. The van der Waals surface area contributed by atoms with E-state index in [4.69, 9.17) is 9.97 Å². The van der Waals surface area contributed by atoms with Crippen molar-refractivity contribution in [2.45, 2.75) is 32.6 Å². The van der Waals surface area contributed by atoms with Crippen LogP contribution < -0.4 is 9.80 Å². The maximum Gasteiger partial charge on any atom is 0.225 e. The predicted octanol–water partition coefficient (Wildman–Crippen LogP) is 2.86. The summed E-state index contributed by atoms with van der Waals surface area (Å²) in [7, 11) is 0. The molecule has 4 heterocycles. The second-order valence-corrected chi connectivity index (χ2v) is 7.96. The number of nitrogens with zero attached hydrogens (tertiary/aromatic N) is 6. The smallest absolute Gasteiger partial charge is 0.225 e. The van der Waals surface area contributed by atoms with Crippen LogP contribution in [0.1, 0.15) is 29.6 Å². The van der Waals surface area contributed by atoms with Crippen LogP contribution in [0.15, 0.2) is 18.5 Å². The largest absolute Gasteiger partial charge is 0.352 e. The van der Waals surface area contributed by atoms with Gasteiger partial charge in [-0.1, -0.05) is 6.92 Å². The molecular formula is C19H22N6S. The lowest BCUT2D eigenvalue weighted by atomic mass is 10.1. The normalized spacial score (nSPS) is 17.1. The number of hydrogen-bond donors (Lipinski definition) is 0. The molecule has 0 amide bonds. The first kappa shape index (κ1) is 15.9. The molecule has 0 radical (unpaired) electrons. The molecule has 26 heavy (non-hydrogen) atoms. The van der Waals surface area contributed by atoms with Gasteiger partial charge in [-0.25, -0.2) is 19.9 Å². The van der Waals surface area contributed by atoms with Gasteiger partial charge in [0, 0.05) is 49.9 Å². The van der Waals surface area contributed by atoms with Crippen LogP contribution in [0.4, 0.5) is 11.8 Å². The van der Waals surface area contributed by atoms with Gasteiger partial charge in [-0.3, -0.25) is 0 Å². The number of aryl methyl sites for hydroxylation is 3. The molecule has 7 heteroatoms. The Morgan fingerprint density at radius 2 is 1.77 bits per heavy atom. The molecule has 0 unspecified atom stereocenters. The average Bonchev–Trinajstić information content (AvgIpc) is 3.29. The van der Waals surface area contributed by atoms with E-state index in [-0.39, 0.29) is 0 Å². The minimum Gasteiger partial charge on any atom is -0.352 e. The molecule has 6 nitrogen and oxygen atoms in total. The third-order valence-electron chi connectivity index (χ3n) is 5.32. The zero-order chi connectivity index (χ0) is 17.5. The quantitative estimate of drug-likeness (QED) is 0.710. The number of rotatable bonds is 3. The summed E-state index contributed by atoms with van der Waals surface area (Å²) in [5.74, 6) is 2.94. The summed E-state index contributed by atoms with van der Waals surface area (Å²) in [5.41, 5.74) is 1.51. The van der Waals surface area contributed by atoms with Gasteiger partial charge in [0.1, 0.15) is 16.5 Å². The monoisotopic (exact) mass is 366 g/mol. The first-order chi connectivity index (χ1) is 12.8. The summed E-state index contributed by atoms with van der Waals surface area (Å²) >= 11 is 1.88. The molecule has 2 aliphatic rings. The van der Waals surface area contributed by atoms with Gasteiger partial charge in [-0.2, -0.15) is 0 Å². The molecule has 1 saturated heterocycles. The molecular weight excluding hydrogens is 344 g/mol. The van der Waals surface area contributed by atoms with Crippen molar-refractivity contribution in [3.63, 3.8) is 0 Å². The summed E-state index contributed by atoms with van der Waals surface area (Å²) in [5, 5.41) is 1.32. The summed E-state index contributed by atoms with van der Waals surface area (Å²) in [4.78, 5) is 26.0. The van der Waals surface area contributed by atoms with Crippen LogP contribution in [0.5, 0.6) is 0 Å². The van der Waals surface area contributed by atoms with Crippen LogP contribution in [0.3, 0.4) is 0 Å². The third-order valence-corrected chi connectivity index (χ3v) is 6.51. The minimum absolute atomic E-state index is 0.825. The molecule has 0 aromatic carbocycles. The van der Waals surface area contributed by atoms with E-state index in [1.54, 1.807) is 0 Å². The van der Waals surface area contributed by atoms with E-state index in [1.807, 2.05) is 29.8 Å². The van der Waals surface area contributed by atoms with Gasteiger partial charge in [-0.05, 0) is 30.9 Å². The van der Waals surface area contributed by atoms with E-state index < -0.39 is 0 Å². The SMILES string of the molecule is CCc1nc(N2CCN(c3ncccn3)CC2)c2c3c(sc2n1)CCC3. The predicted molar refractivity (Wildman–Crippen MR) is 105 cm³/mol. The van der Waals surface area contributed by atoms with Crippen LogP contribution in [0, 0.1) is 0 Å². The fourth-order valence-electron chi connectivity index (χ4n) is 3.98. The Kier molecular flexibility index (Phi) is 3.96. The van der Waals surface area contributed by atoms with E-state index in [0.29, 0.717) is 0 Å². The Balaban J connectivity index is 1.48. The van der Waals surface area contributed by atoms with Gasteiger partial charge in [0.05, 0.1) is 5.39 Å². The van der Waals surface area contributed by atoms with Gasteiger partial charge in [0.25, 0.3) is 0 Å². The van der Waals surface area contributed by atoms with Gasteiger partial charge < -0.3 is 9.80 Å². The standard InChI is InChI=1S/C19H22N6S/c1-2-15-22-17(16-13-5-3-6-14(13)26-18(16)23-15)24-9-11-25(12-10-24)19-20-7-4-8-21-19/h4,7-8H,2-3,5-6,9-12H2,1H3. The second kappa shape index (κ2) is 6.46.